The highest BCUT2D eigenvalue weighted by molar-refractivity contribution is 7.92. The average Bonchev–Trinajstić information content (AvgIpc) is 2.42. The van der Waals surface area contributed by atoms with Crippen LogP contribution in [0.1, 0.15) is 39.7 Å². The smallest absolute Gasteiger partial charge is 0.244 e. The normalized spacial score (nSPS) is 14.4. The van der Waals surface area contributed by atoms with Gasteiger partial charge in [0.05, 0.1) is 11.9 Å². The third-order valence-corrected chi connectivity index (χ3v) is 5.14. The van der Waals surface area contributed by atoms with Gasteiger partial charge in [0.25, 0.3) is 0 Å². The molecule has 23 heavy (non-hydrogen) atoms. The van der Waals surface area contributed by atoms with E-state index < -0.39 is 16.1 Å². The van der Waals surface area contributed by atoms with E-state index >= 15 is 0 Å². The Hall–Kier alpha value is -1.56. The molecule has 130 valence electrons. The molecule has 1 aromatic carbocycles. The minimum absolute atomic E-state index is 0.0181. The largest absolute Gasteiger partial charge is 0.352 e. The fourth-order valence-corrected chi connectivity index (χ4v) is 3.52. The first kappa shape index (κ1) is 19.5. The maximum atomic E-state index is 12.6. The third kappa shape index (κ3) is 5.23. The van der Waals surface area contributed by atoms with Gasteiger partial charge in [-0.15, -0.1) is 0 Å². The fraction of sp³-hybridized carbons (Fsp3) is 0.588. The second-order valence-corrected chi connectivity index (χ2v) is 8.22. The Bertz CT molecular complexity index is 641. The molecule has 0 aromatic heterocycles. The molecule has 0 saturated heterocycles. The van der Waals surface area contributed by atoms with Gasteiger partial charge in [0.2, 0.25) is 15.9 Å². The molecule has 0 bridgehead atoms. The Balaban J connectivity index is 3.21. The first-order valence-electron chi connectivity index (χ1n) is 7.94. The second-order valence-electron chi connectivity index (χ2n) is 6.36. The highest BCUT2D eigenvalue weighted by Crippen LogP contribution is 2.23. The van der Waals surface area contributed by atoms with E-state index in [9.17, 15) is 13.2 Å². The van der Waals surface area contributed by atoms with Crippen LogP contribution in [0.5, 0.6) is 0 Å². The molecule has 0 aliphatic heterocycles. The molecule has 1 aromatic rings. The number of hydrogen-bond donors (Lipinski definition) is 1. The monoisotopic (exact) mass is 340 g/mol. The molecule has 0 fully saturated rings. The van der Waals surface area contributed by atoms with E-state index in [-0.39, 0.29) is 17.9 Å². The molecule has 0 spiro atoms. The molecule has 1 amide bonds. The lowest BCUT2D eigenvalue weighted by atomic mass is 10.1. The molecule has 1 N–H and O–H groups in total. The van der Waals surface area contributed by atoms with Crippen molar-refractivity contribution in [3.8, 4) is 0 Å². The molecule has 0 saturated carbocycles. The number of anilines is 1. The van der Waals surface area contributed by atoms with Gasteiger partial charge < -0.3 is 5.32 Å². The van der Waals surface area contributed by atoms with Crippen molar-refractivity contribution in [3.63, 3.8) is 0 Å². The van der Waals surface area contributed by atoms with Crippen LogP contribution in [0.25, 0.3) is 0 Å². The molecule has 0 aliphatic carbocycles. The minimum atomic E-state index is -3.57. The molecule has 0 unspecified atom stereocenters. The van der Waals surface area contributed by atoms with E-state index in [1.165, 1.54) is 4.31 Å². The molecular formula is C17H28N2O3S. The molecule has 0 aliphatic rings. The number of amides is 1. The zero-order valence-corrected chi connectivity index (χ0v) is 15.6. The maximum absolute atomic E-state index is 12.6. The van der Waals surface area contributed by atoms with E-state index in [0.717, 1.165) is 11.8 Å². The van der Waals surface area contributed by atoms with Gasteiger partial charge in [0.1, 0.15) is 6.04 Å². The third-order valence-electron chi connectivity index (χ3n) is 3.96. The van der Waals surface area contributed by atoms with Gasteiger partial charge in [-0.05, 0) is 43.9 Å². The number of nitrogens with zero attached hydrogens (tertiary/aromatic N) is 1. The maximum Gasteiger partial charge on any atom is 0.244 e. The summed E-state index contributed by atoms with van der Waals surface area (Å²) in [6, 6.07) is 6.41. The van der Waals surface area contributed by atoms with Crippen molar-refractivity contribution in [2.75, 3.05) is 10.6 Å². The number of nitrogens with one attached hydrogen (secondary N) is 1. The van der Waals surface area contributed by atoms with Gasteiger partial charge in [-0.2, -0.15) is 0 Å². The van der Waals surface area contributed by atoms with Crippen LogP contribution in [0, 0.1) is 12.8 Å². The number of rotatable bonds is 7. The lowest BCUT2D eigenvalue weighted by molar-refractivity contribution is -0.123. The lowest BCUT2D eigenvalue weighted by Gasteiger charge is -2.31. The van der Waals surface area contributed by atoms with Gasteiger partial charge in [0, 0.05) is 6.04 Å². The van der Waals surface area contributed by atoms with Gasteiger partial charge in [-0.3, -0.25) is 9.10 Å². The van der Waals surface area contributed by atoms with Crippen LogP contribution < -0.4 is 9.62 Å². The summed E-state index contributed by atoms with van der Waals surface area (Å²) in [7, 11) is -3.57. The summed E-state index contributed by atoms with van der Waals surface area (Å²) in [6.45, 7) is 9.67. The quantitative estimate of drug-likeness (QED) is 0.830. The predicted octanol–water partition coefficient (Wildman–Crippen LogP) is 2.70. The first-order valence-corrected chi connectivity index (χ1v) is 9.79. The van der Waals surface area contributed by atoms with Crippen molar-refractivity contribution in [2.45, 2.75) is 53.1 Å². The highest BCUT2D eigenvalue weighted by atomic mass is 32.2. The topological polar surface area (TPSA) is 66.5 Å². The van der Waals surface area contributed by atoms with E-state index in [0.29, 0.717) is 12.1 Å². The van der Waals surface area contributed by atoms with Crippen LogP contribution in [0.2, 0.25) is 0 Å². The second kappa shape index (κ2) is 7.81. The number of sulfonamides is 1. The van der Waals surface area contributed by atoms with Gasteiger partial charge in [0.15, 0.2) is 0 Å². The number of benzene rings is 1. The van der Waals surface area contributed by atoms with E-state index in [4.69, 9.17) is 0 Å². The van der Waals surface area contributed by atoms with Crippen LogP contribution in [-0.2, 0) is 14.8 Å². The van der Waals surface area contributed by atoms with Crippen molar-refractivity contribution in [1.29, 1.82) is 0 Å². The summed E-state index contributed by atoms with van der Waals surface area (Å²) in [5.41, 5.74) is 1.47. The molecule has 0 heterocycles. The van der Waals surface area contributed by atoms with Crippen LogP contribution in [-0.4, -0.2) is 32.7 Å². The molecule has 1 rings (SSSR count). The van der Waals surface area contributed by atoms with Crippen molar-refractivity contribution in [3.05, 3.63) is 29.8 Å². The highest BCUT2D eigenvalue weighted by Gasteiger charge is 2.32. The number of hydrogen-bond acceptors (Lipinski definition) is 3. The lowest BCUT2D eigenvalue weighted by Crippen LogP contribution is -2.52. The van der Waals surface area contributed by atoms with Crippen LogP contribution in [0.15, 0.2) is 24.3 Å². The Morgan fingerprint density at radius 3 is 2.30 bits per heavy atom. The summed E-state index contributed by atoms with van der Waals surface area (Å²) in [6.07, 6.45) is 1.54. The molecule has 5 nitrogen and oxygen atoms in total. The van der Waals surface area contributed by atoms with Crippen LogP contribution in [0.3, 0.4) is 0 Å². The minimum Gasteiger partial charge on any atom is -0.352 e. The number of aryl methyl sites for hydroxylation is 1. The molecule has 6 heteroatoms. The average molecular weight is 340 g/mol. The van der Waals surface area contributed by atoms with Gasteiger partial charge in [-0.25, -0.2) is 8.42 Å². The number of carbonyl (C=O) groups excluding carboxylic acids is 1. The molecule has 2 atom stereocenters. The summed E-state index contributed by atoms with van der Waals surface area (Å²) in [4.78, 5) is 12.6. The molecule has 0 radical (unpaired) electrons. The Morgan fingerprint density at radius 1 is 1.26 bits per heavy atom. The van der Waals surface area contributed by atoms with E-state index in [1.54, 1.807) is 18.2 Å². The Morgan fingerprint density at radius 2 is 1.87 bits per heavy atom. The van der Waals surface area contributed by atoms with Gasteiger partial charge in [-0.1, -0.05) is 32.9 Å². The zero-order chi connectivity index (χ0) is 17.8. The Labute approximate surface area is 140 Å². The number of carbonyl (C=O) groups is 1. The summed E-state index contributed by atoms with van der Waals surface area (Å²) in [5.74, 6) is 0.0164. The SMILES string of the molecule is CC[C@H](C(=O)N[C@@H](C)C(C)C)N(c1cccc(C)c1)S(C)(=O)=O. The van der Waals surface area contributed by atoms with Crippen LogP contribution >= 0.6 is 0 Å². The zero-order valence-electron chi connectivity index (χ0n) is 14.8. The summed E-state index contributed by atoms with van der Waals surface area (Å²) >= 11 is 0. The van der Waals surface area contributed by atoms with Gasteiger partial charge >= 0.3 is 0 Å². The Kier molecular flexibility index (Phi) is 6.62. The summed E-state index contributed by atoms with van der Waals surface area (Å²) < 4.78 is 25.9. The standard InChI is InChI=1S/C17H28N2O3S/c1-7-16(17(20)18-14(5)12(2)3)19(23(6,21)22)15-10-8-9-13(4)11-15/h8-12,14,16H,7H2,1-6H3,(H,18,20)/t14-,16+/m0/s1. The van der Waals surface area contributed by atoms with E-state index in [2.05, 4.69) is 5.32 Å². The van der Waals surface area contributed by atoms with Crippen molar-refractivity contribution < 1.29 is 13.2 Å². The van der Waals surface area contributed by atoms with Crippen molar-refractivity contribution in [2.24, 2.45) is 5.92 Å². The predicted molar refractivity (Wildman–Crippen MR) is 95.0 cm³/mol. The fourth-order valence-electron chi connectivity index (χ4n) is 2.31. The van der Waals surface area contributed by atoms with Crippen molar-refractivity contribution in [1.82, 2.24) is 5.32 Å². The summed E-state index contributed by atoms with van der Waals surface area (Å²) in [5, 5.41) is 2.92. The molecular weight excluding hydrogens is 312 g/mol. The van der Waals surface area contributed by atoms with Crippen molar-refractivity contribution >= 4 is 21.6 Å². The first-order chi connectivity index (χ1) is 10.6. The van der Waals surface area contributed by atoms with E-state index in [1.807, 2.05) is 40.7 Å². The van der Waals surface area contributed by atoms with Crippen LogP contribution in [0.4, 0.5) is 5.69 Å².